The molecule has 2 atom stereocenters. The topological polar surface area (TPSA) is 62.2 Å². The van der Waals surface area contributed by atoms with Crippen molar-refractivity contribution in [3.8, 4) is 5.75 Å². The van der Waals surface area contributed by atoms with Crippen LogP contribution < -0.4 is 4.74 Å². The fraction of sp³-hybridized carbons (Fsp3) is 0.393. The van der Waals surface area contributed by atoms with Crippen LogP contribution in [-0.4, -0.2) is 67.3 Å². The first kappa shape index (κ1) is 25.4. The van der Waals surface area contributed by atoms with Crippen LogP contribution >= 0.6 is 11.3 Å². The first-order valence-electron chi connectivity index (χ1n) is 12.1. The van der Waals surface area contributed by atoms with E-state index >= 15 is 0 Å². The van der Waals surface area contributed by atoms with Crippen molar-refractivity contribution in [2.45, 2.75) is 25.0 Å². The van der Waals surface area contributed by atoms with Gasteiger partial charge >= 0.3 is 0 Å². The van der Waals surface area contributed by atoms with Gasteiger partial charge in [-0.1, -0.05) is 48.5 Å². The molecular weight excluding hydrogens is 460 g/mol. The van der Waals surface area contributed by atoms with E-state index in [1.165, 1.54) is 10.4 Å². The summed E-state index contributed by atoms with van der Waals surface area (Å²) in [6.07, 6.45) is 0.991. The minimum Gasteiger partial charge on any atom is -0.491 e. The Morgan fingerprint density at radius 1 is 1.14 bits per heavy atom. The molecule has 0 radical (unpaired) electrons. The van der Waals surface area contributed by atoms with Gasteiger partial charge in [0.25, 0.3) is 0 Å². The summed E-state index contributed by atoms with van der Waals surface area (Å²) in [5.74, 6) is 0.857. The molecule has 1 aliphatic rings. The van der Waals surface area contributed by atoms with Gasteiger partial charge in [0.2, 0.25) is 5.91 Å². The maximum atomic E-state index is 13.6. The zero-order valence-corrected chi connectivity index (χ0v) is 21.0. The maximum absolute atomic E-state index is 13.6. The van der Waals surface area contributed by atoms with Gasteiger partial charge < -0.3 is 19.5 Å². The highest BCUT2D eigenvalue weighted by atomic mass is 32.1. The van der Waals surface area contributed by atoms with E-state index in [-0.39, 0.29) is 18.5 Å². The van der Waals surface area contributed by atoms with Crippen molar-refractivity contribution in [2.75, 3.05) is 46.5 Å². The molecule has 1 aromatic heterocycles. The summed E-state index contributed by atoms with van der Waals surface area (Å²) in [5.41, 5.74) is 2.03. The van der Waals surface area contributed by atoms with Gasteiger partial charge in [-0.15, -0.1) is 11.3 Å². The van der Waals surface area contributed by atoms with E-state index in [0.29, 0.717) is 32.8 Å². The number of amides is 1. The molecule has 35 heavy (non-hydrogen) atoms. The Kier molecular flexibility index (Phi) is 9.31. The van der Waals surface area contributed by atoms with Crippen LogP contribution in [0.5, 0.6) is 5.75 Å². The standard InChI is InChI=1S/C28H34N2O4S/c1-33-17-8-15-29(19-26(31)22-9-4-2-5-10-22)20-28(32)30-16-13-27-24(14-18-35-27)25(30)21-34-23-11-6-3-7-12-23/h2-7,9-12,14,18,25-26,31H,8,13,15-17,19-21H2,1H3. The SMILES string of the molecule is COCCCN(CC(=O)N1CCc2sccc2C1COc1ccccc1)CC(O)c1ccccc1. The van der Waals surface area contributed by atoms with Crippen molar-refractivity contribution in [1.82, 2.24) is 9.80 Å². The predicted molar refractivity (Wildman–Crippen MR) is 139 cm³/mol. The summed E-state index contributed by atoms with van der Waals surface area (Å²) in [6.45, 7) is 3.00. The summed E-state index contributed by atoms with van der Waals surface area (Å²) in [4.78, 5) is 19.0. The molecule has 7 heteroatoms. The number of methoxy groups -OCH3 is 1. The lowest BCUT2D eigenvalue weighted by atomic mass is 10.00. The molecule has 2 aromatic carbocycles. The van der Waals surface area contributed by atoms with Gasteiger partial charge in [0.15, 0.2) is 0 Å². The van der Waals surface area contributed by atoms with Crippen molar-refractivity contribution in [3.05, 3.63) is 88.1 Å². The van der Waals surface area contributed by atoms with E-state index in [2.05, 4.69) is 11.4 Å². The van der Waals surface area contributed by atoms with Crippen LogP contribution in [0.15, 0.2) is 72.1 Å². The molecule has 0 saturated heterocycles. The van der Waals surface area contributed by atoms with Gasteiger partial charge in [0, 0.05) is 38.2 Å². The third-order valence-electron chi connectivity index (χ3n) is 6.36. The molecule has 0 spiro atoms. The molecule has 0 fully saturated rings. The summed E-state index contributed by atoms with van der Waals surface area (Å²) >= 11 is 1.75. The van der Waals surface area contributed by atoms with Crippen molar-refractivity contribution >= 4 is 17.2 Å². The van der Waals surface area contributed by atoms with E-state index in [1.807, 2.05) is 70.5 Å². The van der Waals surface area contributed by atoms with E-state index in [0.717, 1.165) is 24.2 Å². The number of hydrogen-bond donors (Lipinski definition) is 1. The summed E-state index contributed by atoms with van der Waals surface area (Å²) in [5, 5.41) is 12.9. The van der Waals surface area contributed by atoms with Gasteiger partial charge in [-0.05, 0) is 47.5 Å². The summed E-state index contributed by atoms with van der Waals surface area (Å²) < 4.78 is 11.3. The fourth-order valence-electron chi connectivity index (χ4n) is 4.54. The third-order valence-corrected chi connectivity index (χ3v) is 7.36. The van der Waals surface area contributed by atoms with E-state index in [9.17, 15) is 9.90 Å². The fourth-order valence-corrected chi connectivity index (χ4v) is 5.47. The first-order valence-corrected chi connectivity index (χ1v) is 13.0. The van der Waals surface area contributed by atoms with Crippen LogP contribution in [0.2, 0.25) is 0 Å². The lowest BCUT2D eigenvalue weighted by Crippen LogP contribution is -2.47. The number of fused-ring (bicyclic) bond motifs is 1. The molecule has 4 rings (SSSR count). The highest BCUT2D eigenvalue weighted by Gasteiger charge is 2.33. The Labute approximate surface area is 211 Å². The van der Waals surface area contributed by atoms with E-state index in [4.69, 9.17) is 9.47 Å². The number of carbonyl (C=O) groups is 1. The van der Waals surface area contributed by atoms with Gasteiger partial charge in [-0.25, -0.2) is 0 Å². The number of para-hydroxylation sites is 1. The molecule has 1 N–H and O–H groups in total. The van der Waals surface area contributed by atoms with Crippen molar-refractivity contribution in [2.24, 2.45) is 0 Å². The monoisotopic (exact) mass is 494 g/mol. The first-order chi connectivity index (χ1) is 17.2. The number of carbonyl (C=O) groups excluding carboxylic acids is 1. The maximum Gasteiger partial charge on any atom is 0.237 e. The van der Waals surface area contributed by atoms with Crippen LogP contribution in [0, 0.1) is 0 Å². The van der Waals surface area contributed by atoms with Crippen LogP contribution in [0.1, 0.15) is 34.6 Å². The number of rotatable bonds is 12. The minimum atomic E-state index is -0.659. The van der Waals surface area contributed by atoms with Gasteiger partial charge in [-0.3, -0.25) is 9.69 Å². The van der Waals surface area contributed by atoms with Gasteiger partial charge in [0.05, 0.1) is 18.7 Å². The number of ether oxygens (including phenoxy) is 2. The number of aliphatic hydroxyl groups excluding tert-OH is 1. The molecular formula is C28H34N2O4S. The van der Waals surface area contributed by atoms with Crippen LogP contribution in [0.4, 0.5) is 0 Å². The molecule has 0 bridgehead atoms. The Bertz CT molecular complexity index is 1040. The number of thiophene rings is 1. The second-order valence-corrected chi connectivity index (χ2v) is 9.78. The highest BCUT2D eigenvalue weighted by Crippen LogP contribution is 2.34. The zero-order valence-electron chi connectivity index (χ0n) is 20.2. The van der Waals surface area contributed by atoms with Crippen LogP contribution in [-0.2, 0) is 16.0 Å². The number of hydrogen-bond acceptors (Lipinski definition) is 6. The average molecular weight is 495 g/mol. The second kappa shape index (κ2) is 12.8. The number of aliphatic hydroxyl groups is 1. The van der Waals surface area contributed by atoms with Crippen LogP contribution in [0.25, 0.3) is 0 Å². The molecule has 2 heterocycles. The molecule has 3 aromatic rings. The molecule has 0 aliphatic carbocycles. The summed E-state index contributed by atoms with van der Waals surface area (Å²) in [7, 11) is 1.68. The third kappa shape index (κ3) is 6.92. The largest absolute Gasteiger partial charge is 0.491 e. The molecule has 1 aliphatic heterocycles. The van der Waals surface area contributed by atoms with E-state index in [1.54, 1.807) is 18.4 Å². The Morgan fingerprint density at radius 2 is 1.89 bits per heavy atom. The molecule has 2 unspecified atom stereocenters. The van der Waals surface area contributed by atoms with Gasteiger partial charge in [-0.2, -0.15) is 0 Å². The van der Waals surface area contributed by atoms with Gasteiger partial charge in [0.1, 0.15) is 12.4 Å². The normalized spacial score (nSPS) is 16.2. The second-order valence-electron chi connectivity index (χ2n) is 8.78. The van der Waals surface area contributed by atoms with Crippen LogP contribution in [0.3, 0.4) is 0 Å². The quantitative estimate of drug-likeness (QED) is 0.380. The molecule has 0 saturated carbocycles. The highest BCUT2D eigenvalue weighted by molar-refractivity contribution is 7.10. The molecule has 1 amide bonds. The lowest BCUT2D eigenvalue weighted by molar-refractivity contribution is -0.136. The van der Waals surface area contributed by atoms with Crippen molar-refractivity contribution in [1.29, 1.82) is 0 Å². The smallest absolute Gasteiger partial charge is 0.237 e. The average Bonchev–Trinajstić information content (AvgIpc) is 3.37. The van der Waals surface area contributed by atoms with Crippen molar-refractivity contribution in [3.63, 3.8) is 0 Å². The lowest BCUT2D eigenvalue weighted by Gasteiger charge is -2.37. The number of nitrogens with zero attached hydrogens (tertiary/aromatic N) is 2. The van der Waals surface area contributed by atoms with E-state index < -0.39 is 6.10 Å². The molecule has 6 nitrogen and oxygen atoms in total. The Balaban J connectivity index is 1.46. The summed E-state index contributed by atoms with van der Waals surface area (Å²) in [6, 6.07) is 21.3. The molecule has 186 valence electrons. The Hall–Kier alpha value is -2.71. The van der Waals surface area contributed by atoms with Crippen molar-refractivity contribution < 1.29 is 19.4 Å². The Morgan fingerprint density at radius 3 is 2.63 bits per heavy atom. The predicted octanol–water partition coefficient (Wildman–Crippen LogP) is 4.33. The minimum absolute atomic E-state index is 0.0567. The zero-order chi connectivity index (χ0) is 24.5. The number of benzene rings is 2.